The van der Waals surface area contributed by atoms with Gasteiger partial charge in [-0.2, -0.15) is 0 Å². The van der Waals surface area contributed by atoms with Crippen molar-refractivity contribution in [2.75, 3.05) is 7.05 Å². The van der Waals surface area contributed by atoms with Crippen LogP contribution in [0.25, 0.3) is 0 Å². The summed E-state index contributed by atoms with van der Waals surface area (Å²) >= 11 is 0. The molecule has 2 aromatic carbocycles. The maximum absolute atomic E-state index is 13.9. The highest BCUT2D eigenvalue weighted by atomic mass is 19.2. The Bertz CT molecular complexity index is 627. The van der Waals surface area contributed by atoms with Crippen LogP contribution in [-0.2, 0) is 0 Å². The van der Waals surface area contributed by atoms with Crippen LogP contribution in [-0.4, -0.2) is 7.05 Å². The molecule has 0 bridgehead atoms. The zero-order chi connectivity index (χ0) is 15.7. The Labute approximate surface area is 118 Å². The molecular weight excluding hydrogens is 289 g/mol. The minimum Gasteiger partial charge on any atom is -0.309 e. The fourth-order valence-corrected chi connectivity index (χ4v) is 2.14. The molecule has 2 aromatic rings. The van der Waals surface area contributed by atoms with Gasteiger partial charge in [-0.3, -0.25) is 0 Å². The number of halogens is 5. The van der Waals surface area contributed by atoms with E-state index in [2.05, 4.69) is 5.32 Å². The second-order valence-corrected chi connectivity index (χ2v) is 4.63. The number of rotatable bonds is 3. The molecule has 0 saturated carbocycles. The molecule has 0 aromatic heterocycles. The van der Waals surface area contributed by atoms with Gasteiger partial charge < -0.3 is 5.32 Å². The molecular formula is C15H12F5N. The molecule has 0 amide bonds. The van der Waals surface area contributed by atoms with Crippen LogP contribution in [0.5, 0.6) is 0 Å². The smallest absolute Gasteiger partial charge is 0.161 e. The van der Waals surface area contributed by atoms with E-state index in [1.807, 2.05) is 0 Å². The van der Waals surface area contributed by atoms with Crippen molar-refractivity contribution in [3.63, 3.8) is 0 Å². The average molecular weight is 301 g/mol. The maximum atomic E-state index is 13.9. The van der Waals surface area contributed by atoms with Crippen LogP contribution in [0.4, 0.5) is 22.0 Å². The Morgan fingerprint density at radius 2 is 1.19 bits per heavy atom. The van der Waals surface area contributed by atoms with Gasteiger partial charge in [-0.25, -0.2) is 22.0 Å². The van der Waals surface area contributed by atoms with Crippen LogP contribution in [0.15, 0.2) is 24.3 Å². The summed E-state index contributed by atoms with van der Waals surface area (Å²) in [5.41, 5.74) is -0.155. The first-order valence-electron chi connectivity index (χ1n) is 6.12. The molecule has 6 heteroatoms. The summed E-state index contributed by atoms with van der Waals surface area (Å²) in [4.78, 5) is 0. The van der Waals surface area contributed by atoms with E-state index in [9.17, 15) is 22.0 Å². The second kappa shape index (κ2) is 5.81. The van der Waals surface area contributed by atoms with Gasteiger partial charge in [0.05, 0.1) is 6.04 Å². The molecule has 0 aliphatic rings. The van der Waals surface area contributed by atoms with Gasteiger partial charge >= 0.3 is 0 Å². The minimum absolute atomic E-state index is 0.0543. The van der Waals surface area contributed by atoms with Crippen molar-refractivity contribution >= 4 is 0 Å². The molecule has 0 fully saturated rings. The molecule has 0 saturated heterocycles. The first-order chi connectivity index (χ1) is 9.85. The van der Waals surface area contributed by atoms with Gasteiger partial charge in [-0.1, -0.05) is 0 Å². The van der Waals surface area contributed by atoms with Gasteiger partial charge in [-0.05, 0) is 31.7 Å². The number of hydrogen-bond acceptors (Lipinski definition) is 1. The van der Waals surface area contributed by atoms with Crippen molar-refractivity contribution in [3.8, 4) is 0 Å². The number of benzene rings is 2. The number of hydrogen-bond donors (Lipinski definition) is 1. The molecule has 1 unspecified atom stereocenters. The summed E-state index contributed by atoms with van der Waals surface area (Å²) in [6.07, 6.45) is 0. The number of nitrogens with one attached hydrogen (secondary N) is 1. The van der Waals surface area contributed by atoms with Gasteiger partial charge in [-0.15, -0.1) is 0 Å². The third-order valence-corrected chi connectivity index (χ3v) is 3.23. The Balaban J connectivity index is 2.60. The van der Waals surface area contributed by atoms with Gasteiger partial charge in [0.2, 0.25) is 0 Å². The van der Waals surface area contributed by atoms with Gasteiger partial charge in [0.1, 0.15) is 17.5 Å². The molecule has 0 radical (unpaired) electrons. The zero-order valence-electron chi connectivity index (χ0n) is 11.3. The van der Waals surface area contributed by atoms with E-state index >= 15 is 0 Å². The Kier molecular flexibility index (Phi) is 4.27. The predicted molar refractivity (Wildman–Crippen MR) is 68.3 cm³/mol. The van der Waals surface area contributed by atoms with E-state index in [1.165, 1.54) is 20.0 Å². The number of aryl methyl sites for hydroxylation is 1. The third-order valence-electron chi connectivity index (χ3n) is 3.23. The molecule has 112 valence electrons. The standard InChI is InChI=1S/C15H12F5N/c1-7-3-8(11(17)5-10(7)16)15(21-2)9-4-13(19)14(20)6-12(9)18/h3-6,15,21H,1-2H3. The van der Waals surface area contributed by atoms with Crippen molar-refractivity contribution in [3.05, 3.63) is 70.0 Å². The van der Waals surface area contributed by atoms with E-state index in [4.69, 9.17) is 0 Å². The summed E-state index contributed by atoms with van der Waals surface area (Å²) in [5, 5.41) is 2.62. The highest BCUT2D eigenvalue weighted by Crippen LogP contribution is 2.29. The molecule has 0 aliphatic heterocycles. The van der Waals surface area contributed by atoms with Crippen molar-refractivity contribution in [1.29, 1.82) is 0 Å². The second-order valence-electron chi connectivity index (χ2n) is 4.63. The maximum Gasteiger partial charge on any atom is 0.161 e. The van der Waals surface area contributed by atoms with Gasteiger partial charge in [0, 0.05) is 23.3 Å². The topological polar surface area (TPSA) is 12.0 Å². The molecule has 0 heterocycles. The van der Waals surface area contributed by atoms with Crippen LogP contribution < -0.4 is 5.32 Å². The Morgan fingerprint density at radius 3 is 1.76 bits per heavy atom. The quantitative estimate of drug-likeness (QED) is 0.667. The van der Waals surface area contributed by atoms with Crippen LogP contribution in [0, 0.1) is 36.0 Å². The molecule has 1 atom stereocenters. The van der Waals surface area contributed by atoms with Crippen molar-refractivity contribution in [2.45, 2.75) is 13.0 Å². The lowest BCUT2D eigenvalue weighted by Crippen LogP contribution is -2.21. The summed E-state index contributed by atoms with van der Waals surface area (Å²) in [7, 11) is 1.41. The fraction of sp³-hybridized carbons (Fsp3) is 0.200. The lowest BCUT2D eigenvalue weighted by atomic mass is 9.96. The van der Waals surface area contributed by atoms with Crippen LogP contribution in [0.2, 0.25) is 0 Å². The molecule has 1 nitrogen and oxygen atoms in total. The summed E-state index contributed by atoms with van der Waals surface area (Å²) in [6.45, 7) is 1.42. The highest BCUT2D eigenvalue weighted by molar-refractivity contribution is 5.36. The predicted octanol–water partition coefficient (Wildman–Crippen LogP) is 4.00. The lowest BCUT2D eigenvalue weighted by Gasteiger charge is -2.19. The van der Waals surface area contributed by atoms with Crippen molar-refractivity contribution in [2.24, 2.45) is 0 Å². The normalized spacial score (nSPS) is 12.5. The van der Waals surface area contributed by atoms with Gasteiger partial charge in [0.25, 0.3) is 0 Å². The average Bonchev–Trinajstić information content (AvgIpc) is 2.42. The van der Waals surface area contributed by atoms with E-state index in [0.717, 1.165) is 0 Å². The molecule has 1 N–H and O–H groups in total. The van der Waals surface area contributed by atoms with Crippen molar-refractivity contribution < 1.29 is 22.0 Å². The molecule has 21 heavy (non-hydrogen) atoms. The van der Waals surface area contributed by atoms with Crippen LogP contribution in [0.3, 0.4) is 0 Å². The first kappa shape index (κ1) is 15.4. The van der Waals surface area contributed by atoms with E-state index in [1.54, 1.807) is 0 Å². The lowest BCUT2D eigenvalue weighted by molar-refractivity contribution is 0.480. The molecule has 2 rings (SSSR count). The summed E-state index contributed by atoms with van der Waals surface area (Å²) in [5.74, 6) is -5.24. The zero-order valence-corrected chi connectivity index (χ0v) is 11.3. The van der Waals surface area contributed by atoms with Crippen molar-refractivity contribution in [1.82, 2.24) is 5.32 Å². The summed E-state index contributed by atoms with van der Waals surface area (Å²) < 4.78 is 67.3. The van der Waals surface area contributed by atoms with E-state index in [0.29, 0.717) is 18.2 Å². The highest BCUT2D eigenvalue weighted by Gasteiger charge is 2.23. The van der Waals surface area contributed by atoms with Crippen LogP contribution >= 0.6 is 0 Å². The Hall–Kier alpha value is -1.95. The monoisotopic (exact) mass is 301 g/mol. The largest absolute Gasteiger partial charge is 0.309 e. The SMILES string of the molecule is CNC(c1cc(C)c(F)cc1F)c1cc(F)c(F)cc1F. The molecule has 0 spiro atoms. The summed E-state index contributed by atoms with van der Waals surface area (Å²) in [6, 6.07) is 1.85. The van der Waals surface area contributed by atoms with E-state index < -0.39 is 35.1 Å². The van der Waals surface area contributed by atoms with Gasteiger partial charge in [0.15, 0.2) is 11.6 Å². The van der Waals surface area contributed by atoms with Crippen LogP contribution in [0.1, 0.15) is 22.7 Å². The van der Waals surface area contributed by atoms with E-state index in [-0.39, 0.29) is 16.7 Å². The Morgan fingerprint density at radius 1 is 0.714 bits per heavy atom. The minimum atomic E-state index is -1.33. The first-order valence-corrected chi connectivity index (χ1v) is 6.12. The fourth-order valence-electron chi connectivity index (χ4n) is 2.14. The third kappa shape index (κ3) is 2.90. The molecule has 0 aliphatic carbocycles.